The average molecular weight is 230 g/mol. The molecule has 0 saturated heterocycles. The van der Waals surface area contributed by atoms with Crippen LogP contribution < -0.4 is 0 Å². The molecule has 0 aromatic carbocycles. The lowest BCUT2D eigenvalue weighted by Crippen LogP contribution is -2.09. The molecule has 0 aromatic rings. The lowest BCUT2D eigenvalue weighted by molar-refractivity contribution is 0.481. The van der Waals surface area contributed by atoms with E-state index in [1.165, 1.54) is 6.92 Å². The van der Waals surface area contributed by atoms with Gasteiger partial charge in [0.2, 0.25) is 0 Å². The maximum Gasteiger partial charge on any atom is 0.290 e. The van der Waals surface area contributed by atoms with Crippen molar-refractivity contribution in [3.8, 4) is 0 Å². The van der Waals surface area contributed by atoms with Crippen LogP contribution in [0.15, 0.2) is 11.0 Å². The van der Waals surface area contributed by atoms with Crippen LogP contribution in [0.1, 0.15) is 13.3 Å². The third kappa shape index (κ3) is 5.75. The largest absolute Gasteiger partial charge is 0.290 e. The molecule has 0 unspecified atom stereocenters. The van der Waals surface area contributed by atoms with Crippen molar-refractivity contribution in [1.29, 1.82) is 0 Å². The molecule has 13 heavy (non-hydrogen) atoms. The van der Waals surface area contributed by atoms with Crippen LogP contribution in [0.25, 0.3) is 0 Å². The van der Waals surface area contributed by atoms with E-state index in [0.29, 0.717) is 0 Å². The fraction of sp³-hybridized carbons (Fsp3) is 0.600. The molecule has 0 aliphatic heterocycles. The summed E-state index contributed by atoms with van der Waals surface area (Å²) in [5.74, 6) is -0.730. The summed E-state index contributed by atoms with van der Waals surface area (Å²) in [6.45, 7) is 1.34. The fourth-order valence-corrected chi connectivity index (χ4v) is 1.92. The van der Waals surface area contributed by atoms with E-state index in [-0.39, 0.29) is 0 Å². The van der Waals surface area contributed by atoms with Gasteiger partial charge in [-0.25, -0.2) is 0 Å². The molecule has 2 N–H and O–H groups in total. The average Bonchev–Trinajstić information content (AvgIpc) is 1.82. The third-order valence-electron chi connectivity index (χ3n) is 1.26. The lowest BCUT2D eigenvalue weighted by Gasteiger charge is -2.00. The van der Waals surface area contributed by atoms with E-state index in [0.717, 1.165) is 6.08 Å². The summed E-state index contributed by atoms with van der Waals surface area (Å²) in [5, 5.41) is 0. The first-order valence-electron chi connectivity index (χ1n) is 3.24. The number of rotatable bonds is 4. The number of allylic oxidation sites excluding steroid dienone is 2. The lowest BCUT2D eigenvalue weighted by atomic mass is 10.4. The van der Waals surface area contributed by atoms with Gasteiger partial charge in [0.15, 0.2) is 0 Å². The van der Waals surface area contributed by atoms with Crippen LogP contribution in [0.2, 0.25) is 0 Å². The van der Waals surface area contributed by atoms with Crippen LogP contribution in [-0.4, -0.2) is 31.7 Å². The molecule has 0 aliphatic carbocycles. The molecule has 78 valence electrons. The molecular weight excluding hydrogens is 220 g/mol. The Morgan fingerprint density at radius 2 is 1.69 bits per heavy atom. The molecule has 0 saturated carbocycles. The van der Waals surface area contributed by atoms with Gasteiger partial charge in [-0.1, -0.05) is 6.08 Å². The summed E-state index contributed by atoms with van der Waals surface area (Å²) < 4.78 is 58.2. The van der Waals surface area contributed by atoms with Crippen molar-refractivity contribution >= 4 is 20.2 Å². The Morgan fingerprint density at radius 3 is 1.92 bits per heavy atom. The van der Waals surface area contributed by atoms with Crippen LogP contribution in [0.5, 0.6) is 0 Å². The highest BCUT2D eigenvalue weighted by Crippen LogP contribution is 2.09. The highest BCUT2D eigenvalue weighted by molar-refractivity contribution is 7.90. The summed E-state index contributed by atoms with van der Waals surface area (Å²) in [6, 6.07) is 0. The van der Waals surface area contributed by atoms with Crippen LogP contribution in [-0.2, 0) is 20.2 Å². The van der Waals surface area contributed by atoms with Gasteiger partial charge in [-0.15, -0.1) is 0 Å². The van der Waals surface area contributed by atoms with E-state index in [1.807, 2.05) is 0 Å². The molecule has 0 atom stereocenters. The van der Waals surface area contributed by atoms with Crippen LogP contribution >= 0.6 is 0 Å². The van der Waals surface area contributed by atoms with Gasteiger partial charge in [0.25, 0.3) is 20.2 Å². The molecule has 0 fully saturated rings. The highest BCUT2D eigenvalue weighted by atomic mass is 32.2. The van der Waals surface area contributed by atoms with E-state index in [9.17, 15) is 16.8 Å². The van der Waals surface area contributed by atoms with Crippen molar-refractivity contribution in [2.75, 3.05) is 5.75 Å². The van der Waals surface area contributed by atoms with E-state index in [2.05, 4.69) is 0 Å². The predicted molar refractivity (Wildman–Crippen MR) is 46.3 cm³/mol. The van der Waals surface area contributed by atoms with Crippen LogP contribution in [0.3, 0.4) is 0 Å². The second-order valence-electron chi connectivity index (χ2n) is 2.27. The molecular formula is C5H10O6S2. The first-order chi connectivity index (χ1) is 5.67. The summed E-state index contributed by atoms with van der Waals surface area (Å²) in [6.07, 6.45) is 0.634. The zero-order valence-electron chi connectivity index (χ0n) is 6.84. The second kappa shape index (κ2) is 4.18. The van der Waals surface area contributed by atoms with Gasteiger partial charge in [0.1, 0.15) is 0 Å². The Labute approximate surface area is 76.8 Å². The zero-order valence-corrected chi connectivity index (χ0v) is 8.47. The van der Waals surface area contributed by atoms with Gasteiger partial charge in [0, 0.05) is 6.42 Å². The van der Waals surface area contributed by atoms with Gasteiger partial charge >= 0.3 is 0 Å². The van der Waals surface area contributed by atoms with Crippen molar-refractivity contribution in [3.05, 3.63) is 11.0 Å². The minimum Gasteiger partial charge on any atom is -0.286 e. The highest BCUT2D eigenvalue weighted by Gasteiger charge is 2.15. The fourth-order valence-electron chi connectivity index (χ4n) is 0.652. The minimum absolute atomic E-state index is 0.426. The minimum atomic E-state index is -4.35. The SMILES string of the molecule is CC=C(CCS(=O)(=O)O)S(=O)(=O)O. The number of hydrogen-bond donors (Lipinski definition) is 2. The van der Waals surface area contributed by atoms with E-state index >= 15 is 0 Å². The zero-order chi connectivity index (χ0) is 10.7. The quantitative estimate of drug-likeness (QED) is 0.661. The van der Waals surface area contributed by atoms with Gasteiger partial charge < -0.3 is 0 Å². The van der Waals surface area contributed by atoms with Gasteiger partial charge in [-0.05, 0) is 6.92 Å². The first-order valence-corrected chi connectivity index (χ1v) is 6.29. The van der Waals surface area contributed by atoms with Gasteiger partial charge in [0.05, 0.1) is 10.7 Å². The molecule has 0 aromatic heterocycles. The molecule has 6 nitrogen and oxygen atoms in total. The predicted octanol–water partition coefficient (Wildman–Crippen LogP) is 0.0559. The first kappa shape index (κ1) is 12.6. The standard InChI is InChI=1S/C5H10O6S2/c1-2-5(13(9,10)11)3-4-12(6,7)8/h2H,3-4H2,1H3,(H,6,7,8)(H,9,10,11). The van der Waals surface area contributed by atoms with Crippen molar-refractivity contribution in [1.82, 2.24) is 0 Å². The topological polar surface area (TPSA) is 109 Å². The Hall–Kier alpha value is -0.440. The van der Waals surface area contributed by atoms with Crippen molar-refractivity contribution < 1.29 is 25.9 Å². The number of hydrogen-bond acceptors (Lipinski definition) is 4. The van der Waals surface area contributed by atoms with Crippen molar-refractivity contribution in [2.24, 2.45) is 0 Å². The summed E-state index contributed by atoms with van der Waals surface area (Å²) in [7, 11) is -8.56. The molecule has 0 heterocycles. The molecule has 0 radical (unpaired) electrons. The molecule has 0 bridgehead atoms. The molecule has 0 rings (SSSR count). The normalized spacial score (nSPS) is 14.5. The van der Waals surface area contributed by atoms with Crippen molar-refractivity contribution in [2.45, 2.75) is 13.3 Å². The van der Waals surface area contributed by atoms with E-state index in [4.69, 9.17) is 9.11 Å². The maximum absolute atomic E-state index is 10.5. The maximum atomic E-state index is 10.5. The van der Waals surface area contributed by atoms with Gasteiger partial charge in [-0.2, -0.15) is 16.8 Å². The van der Waals surface area contributed by atoms with Gasteiger partial charge in [-0.3, -0.25) is 9.11 Å². The Balaban J connectivity index is 4.56. The Kier molecular flexibility index (Phi) is 4.04. The molecule has 0 aliphatic rings. The van der Waals surface area contributed by atoms with E-state index in [1.54, 1.807) is 0 Å². The van der Waals surface area contributed by atoms with E-state index < -0.39 is 37.3 Å². The molecule has 0 amide bonds. The third-order valence-corrected chi connectivity index (χ3v) is 3.08. The Morgan fingerprint density at radius 1 is 1.23 bits per heavy atom. The summed E-state index contributed by atoms with van der Waals surface area (Å²) in [4.78, 5) is -0.426. The molecule has 8 heteroatoms. The monoisotopic (exact) mass is 230 g/mol. The Bertz CT molecular complexity index is 387. The van der Waals surface area contributed by atoms with Crippen LogP contribution in [0, 0.1) is 0 Å². The second-order valence-corrected chi connectivity index (χ2v) is 5.31. The van der Waals surface area contributed by atoms with Crippen molar-refractivity contribution in [3.63, 3.8) is 0 Å². The summed E-state index contributed by atoms with van der Waals surface area (Å²) >= 11 is 0. The van der Waals surface area contributed by atoms with Crippen LogP contribution in [0.4, 0.5) is 0 Å². The molecule has 0 spiro atoms. The summed E-state index contributed by atoms with van der Waals surface area (Å²) in [5.41, 5.74) is 0. The smallest absolute Gasteiger partial charge is 0.286 e.